The van der Waals surface area contributed by atoms with E-state index in [1.165, 1.54) is 18.3 Å². The molecule has 8 heteroatoms. The molecule has 1 aromatic carbocycles. The van der Waals surface area contributed by atoms with E-state index in [1.807, 2.05) is 0 Å². The molecule has 1 aromatic heterocycles. The smallest absolute Gasteiger partial charge is 0.296 e. The average Bonchev–Trinajstić information content (AvgIpc) is 2.54. The van der Waals surface area contributed by atoms with Crippen LogP contribution in [0.3, 0.4) is 0 Å². The Bertz CT molecular complexity index is 651. The molecule has 2 rings (SSSR count). The number of amides is 1. The summed E-state index contributed by atoms with van der Waals surface area (Å²) in [6.07, 6.45) is -1.34. The van der Waals surface area contributed by atoms with Crippen molar-refractivity contribution < 1.29 is 18.0 Å². The number of halogens is 3. The minimum atomic E-state index is -4.36. The van der Waals surface area contributed by atoms with Gasteiger partial charge in [-0.2, -0.15) is 13.2 Å². The normalized spacial score (nSPS) is 11.3. The second-order valence-electron chi connectivity index (χ2n) is 4.36. The fourth-order valence-electron chi connectivity index (χ4n) is 1.69. The fraction of sp³-hybridized carbons (Fsp3) is 0.200. The first-order valence-electron chi connectivity index (χ1n) is 6.59. The Balaban J connectivity index is 1.77. The van der Waals surface area contributed by atoms with Crippen molar-refractivity contribution in [3.8, 4) is 0 Å². The van der Waals surface area contributed by atoms with Crippen molar-refractivity contribution in [3.05, 3.63) is 59.9 Å². The summed E-state index contributed by atoms with van der Waals surface area (Å²) < 4.78 is 41.1. The monoisotopic (exact) mass is 358 g/mol. The molecule has 0 aliphatic rings. The van der Waals surface area contributed by atoms with Gasteiger partial charge >= 0.3 is 6.18 Å². The topological polar surface area (TPSA) is 42.0 Å². The van der Waals surface area contributed by atoms with Gasteiger partial charge < -0.3 is 0 Å². The highest BCUT2D eigenvalue weighted by Gasteiger charge is 2.32. The molecule has 122 valence electrons. The van der Waals surface area contributed by atoms with Crippen LogP contribution in [0.4, 0.5) is 13.2 Å². The Morgan fingerprint density at radius 2 is 1.91 bits per heavy atom. The third-order valence-corrected chi connectivity index (χ3v) is 4.80. The third kappa shape index (κ3) is 5.47. The SMILES string of the molecule is O=C(NSCCSc1ccccc1C(F)(F)F)c1cccnc1. The highest BCUT2D eigenvalue weighted by atomic mass is 32.2. The van der Waals surface area contributed by atoms with Crippen molar-refractivity contribution in [2.75, 3.05) is 11.5 Å². The van der Waals surface area contributed by atoms with Gasteiger partial charge in [-0.25, -0.2) is 0 Å². The van der Waals surface area contributed by atoms with Crippen molar-refractivity contribution in [1.82, 2.24) is 9.71 Å². The van der Waals surface area contributed by atoms with Gasteiger partial charge in [-0.05, 0) is 36.2 Å². The number of alkyl halides is 3. The van der Waals surface area contributed by atoms with Crippen molar-refractivity contribution >= 4 is 29.6 Å². The van der Waals surface area contributed by atoms with Gasteiger partial charge in [-0.1, -0.05) is 12.1 Å². The first-order chi connectivity index (χ1) is 11.0. The molecule has 3 nitrogen and oxygen atoms in total. The van der Waals surface area contributed by atoms with E-state index in [0.29, 0.717) is 17.1 Å². The van der Waals surface area contributed by atoms with Crippen LogP contribution in [0.1, 0.15) is 15.9 Å². The van der Waals surface area contributed by atoms with E-state index < -0.39 is 11.7 Å². The van der Waals surface area contributed by atoms with Crippen LogP contribution in [0.5, 0.6) is 0 Å². The zero-order valence-corrected chi connectivity index (χ0v) is 13.5. The number of hydrogen-bond donors (Lipinski definition) is 1. The Morgan fingerprint density at radius 3 is 2.61 bits per heavy atom. The minimum Gasteiger partial charge on any atom is -0.296 e. The Kier molecular flexibility index (Phi) is 6.35. The predicted molar refractivity (Wildman–Crippen MR) is 86.3 cm³/mol. The second kappa shape index (κ2) is 8.26. The van der Waals surface area contributed by atoms with Crippen LogP contribution in [0.2, 0.25) is 0 Å². The number of carbonyl (C=O) groups excluding carboxylic acids is 1. The molecular weight excluding hydrogens is 345 g/mol. The molecule has 0 bridgehead atoms. The molecule has 0 atom stereocenters. The molecule has 23 heavy (non-hydrogen) atoms. The van der Waals surface area contributed by atoms with Crippen LogP contribution < -0.4 is 4.72 Å². The van der Waals surface area contributed by atoms with Crippen molar-refractivity contribution in [2.24, 2.45) is 0 Å². The summed E-state index contributed by atoms with van der Waals surface area (Å²) in [5.41, 5.74) is -0.190. The van der Waals surface area contributed by atoms with E-state index in [2.05, 4.69) is 9.71 Å². The third-order valence-electron chi connectivity index (χ3n) is 2.72. The standard InChI is InChI=1S/C15H13F3N2OS2/c16-15(17,18)12-5-1-2-6-13(12)22-8-9-23-20-14(21)11-4-3-7-19-10-11/h1-7,10H,8-9H2,(H,20,21). The Hall–Kier alpha value is -1.67. The minimum absolute atomic E-state index is 0.194. The molecule has 0 fully saturated rings. The number of rotatable bonds is 6. The summed E-state index contributed by atoms with van der Waals surface area (Å²) >= 11 is 2.28. The van der Waals surface area contributed by atoms with Gasteiger partial charge in [0.25, 0.3) is 5.91 Å². The van der Waals surface area contributed by atoms with E-state index >= 15 is 0 Å². The summed E-state index contributed by atoms with van der Waals surface area (Å²) in [7, 11) is 0. The van der Waals surface area contributed by atoms with Crippen molar-refractivity contribution in [1.29, 1.82) is 0 Å². The van der Waals surface area contributed by atoms with E-state index in [4.69, 9.17) is 0 Å². The van der Waals surface area contributed by atoms with Crippen LogP contribution >= 0.6 is 23.7 Å². The predicted octanol–water partition coefficient (Wildman–Crippen LogP) is 4.27. The number of nitrogens with one attached hydrogen (secondary N) is 1. The number of nitrogens with zero attached hydrogens (tertiary/aromatic N) is 1. The summed E-state index contributed by atoms with van der Waals surface area (Å²) in [4.78, 5) is 15.8. The van der Waals surface area contributed by atoms with Crippen LogP contribution in [-0.4, -0.2) is 22.4 Å². The first-order valence-corrected chi connectivity index (χ1v) is 8.57. The molecule has 0 saturated carbocycles. The van der Waals surface area contributed by atoms with Gasteiger partial charge in [0.15, 0.2) is 0 Å². The molecule has 2 aromatic rings. The quantitative estimate of drug-likeness (QED) is 0.476. The molecule has 0 unspecified atom stereocenters. The highest BCUT2D eigenvalue weighted by Crippen LogP contribution is 2.36. The lowest BCUT2D eigenvalue weighted by Crippen LogP contribution is -2.16. The fourth-order valence-corrected chi connectivity index (χ4v) is 3.44. The zero-order valence-electron chi connectivity index (χ0n) is 11.8. The van der Waals surface area contributed by atoms with Crippen molar-refractivity contribution in [3.63, 3.8) is 0 Å². The summed E-state index contributed by atoms with van der Waals surface area (Å²) in [5, 5.41) is 0. The molecule has 0 spiro atoms. The molecule has 0 aliphatic heterocycles. The Labute approximate surface area is 140 Å². The van der Waals surface area contributed by atoms with Gasteiger partial charge in [-0.3, -0.25) is 14.5 Å². The maximum Gasteiger partial charge on any atom is 0.417 e. The zero-order chi connectivity index (χ0) is 16.7. The van der Waals surface area contributed by atoms with E-state index in [1.54, 1.807) is 24.4 Å². The molecular formula is C15H13F3N2OS2. The molecule has 0 radical (unpaired) electrons. The number of thioether (sulfide) groups is 1. The summed E-state index contributed by atoms with van der Waals surface area (Å²) in [5.74, 6) is 0.664. The van der Waals surface area contributed by atoms with Crippen LogP contribution in [-0.2, 0) is 6.18 Å². The van der Waals surface area contributed by atoms with Crippen LogP contribution in [0, 0.1) is 0 Å². The average molecular weight is 358 g/mol. The van der Waals surface area contributed by atoms with Gasteiger partial charge in [0, 0.05) is 28.8 Å². The number of carbonyl (C=O) groups is 1. The van der Waals surface area contributed by atoms with Crippen molar-refractivity contribution in [2.45, 2.75) is 11.1 Å². The highest BCUT2D eigenvalue weighted by molar-refractivity contribution is 8.02. The Morgan fingerprint density at radius 1 is 1.13 bits per heavy atom. The van der Waals surface area contributed by atoms with E-state index in [0.717, 1.165) is 29.8 Å². The molecule has 1 heterocycles. The number of pyridine rings is 1. The molecule has 1 amide bonds. The molecule has 0 saturated heterocycles. The first kappa shape index (κ1) is 17.7. The van der Waals surface area contributed by atoms with Crippen LogP contribution in [0.15, 0.2) is 53.7 Å². The largest absolute Gasteiger partial charge is 0.417 e. The van der Waals surface area contributed by atoms with Gasteiger partial charge in [0.1, 0.15) is 0 Å². The number of benzene rings is 1. The van der Waals surface area contributed by atoms with Gasteiger partial charge in [0.2, 0.25) is 0 Å². The van der Waals surface area contributed by atoms with Crippen LogP contribution in [0.25, 0.3) is 0 Å². The van der Waals surface area contributed by atoms with Gasteiger partial charge in [-0.15, -0.1) is 11.8 Å². The molecule has 0 aliphatic carbocycles. The van der Waals surface area contributed by atoms with E-state index in [9.17, 15) is 18.0 Å². The second-order valence-corrected chi connectivity index (χ2v) is 6.40. The number of aromatic nitrogens is 1. The summed E-state index contributed by atoms with van der Waals surface area (Å²) in [6.45, 7) is 0. The summed E-state index contributed by atoms with van der Waals surface area (Å²) in [6, 6.07) is 8.76. The molecule has 1 N–H and O–H groups in total. The van der Waals surface area contributed by atoms with E-state index in [-0.39, 0.29) is 10.8 Å². The maximum absolute atomic E-state index is 12.8. The lowest BCUT2D eigenvalue weighted by atomic mass is 10.2. The lowest BCUT2D eigenvalue weighted by molar-refractivity contribution is -0.139. The number of hydrogen-bond acceptors (Lipinski definition) is 4. The lowest BCUT2D eigenvalue weighted by Gasteiger charge is -2.11. The maximum atomic E-state index is 12.8. The van der Waals surface area contributed by atoms with Gasteiger partial charge in [0.05, 0.1) is 11.1 Å².